The molecule has 0 aliphatic heterocycles. The van der Waals surface area contributed by atoms with Crippen molar-refractivity contribution in [3.8, 4) is 5.75 Å². The van der Waals surface area contributed by atoms with Gasteiger partial charge in [-0.2, -0.15) is 0 Å². The highest BCUT2D eigenvalue weighted by molar-refractivity contribution is 5.67. The van der Waals surface area contributed by atoms with E-state index < -0.39 is 11.2 Å². The Morgan fingerprint density at radius 3 is 2.38 bits per heavy atom. The molecule has 0 saturated heterocycles. The van der Waals surface area contributed by atoms with E-state index in [2.05, 4.69) is 15.2 Å². The predicted molar refractivity (Wildman–Crippen MR) is 83.4 cm³/mol. The maximum Gasteiger partial charge on any atom is 0.332 e. The lowest BCUT2D eigenvalue weighted by Gasteiger charge is -2.07. The monoisotopic (exact) mass is 330 g/mol. The van der Waals surface area contributed by atoms with Gasteiger partial charge in [0.25, 0.3) is 11.2 Å². The Labute approximate surface area is 134 Å². The number of ether oxygens (including phenoxy) is 1. The van der Waals surface area contributed by atoms with E-state index in [4.69, 9.17) is 4.74 Å². The molecule has 1 N–H and O–H groups in total. The van der Waals surface area contributed by atoms with Gasteiger partial charge in [0.15, 0.2) is 11.2 Å². The molecule has 10 heteroatoms. The highest BCUT2D eigenvalue weighted by Crippen LogP contribution is 2.16. The van der Waals surface area contributed by atoms with Crippen LogP contribution in [0.2, 0.25) is 0 Å². The number of fused-ring (bicyclic) bond motifs is 1. The van der Waals surface area contributed by atoms with E-state index in [1.807, 2.05) is 0 Å². The van der Waals surface area contributed by atoms with E-state index in [1.165, 1.54) is 14.1 Å². The molecule has 1 aromatic carbocycles. The SMILES string of the molecule is COc1ccc(N=c2nnc3c(c(=O)n(C)c(=O)n3C)n2O)cc1. The average molecular weight is 330 g/mol. The number of hydrogen-bond acceptors (Lipinski definition) is 7. The van der Waals surface area contributed by atoms with Crippen molar-refractivity contribution in [2.24, 2.45) is 19.1 Å². The summed E-state index contributed by atoms with van der Waals surface area (Å²) in [4.78, 5) is 28.3. The molecule has 0 unspecified atom stereocenters. The molecule has 0 fully saturated rings. The zero-order chi connectivity index (χ0) is 17.4. The second-order valence-electron chi connectivity index (χ2n) is 5.00. The fourth-order valence-electron chi connectivity index (χ4n) is 2.19. The molecule has 2 aromatic heterocycles. The van der Waals surface area contributed by atoms with Gasteiger partial charge in [0.2, 0.25) is 0 Å². The molecule has 3 rings (SSSR count). The van der Waals surface area contributed by atoms with E-state index in [1.54, 1.807) is 31.4 Å². The number of methoxy groups -OCH3 is 1. The summed E-state index contributed by atoms with van der Waals surface area (Å²) in [6, 6.07) is 6.70. The van der Waals surface area contributed by atoms with Crippen LogP contribution < -0.4 is 21.6 Å². The number of nitrogens with zero attached hydrogens (tertiary/aromatic N) is 6. The van der Waals surface area contributed by atoms with Crippen LogP contribution in [0.5, 0.6) is 5.75 Å². The molecule has 0 aliphatic rings. The van der Waals surface area contributed by atoms with Crippen molar-refractivity contribution < 1.29 is 9.94 Å². The van der Waals surface area contributed by atoms with Gasteiger partial charge in [-0.1, -0.05) is 0 Å². The summed E-state index contributed by atoms with van der Waals surface area (Å²) in [5.74, 6) is 0.652. The standard InChI is InChI=1S/C14H14N6O4/c1-18-11-10(12(21)19(2)14(18)22)20(23)13(17-16-11)15-8-4-6-9(24-3)7-5-8/h4-7,23H,1-3H3. The summed E-state index contributed by atoms with van der Waals surface area (Å²) in [5, 5.41) is 17.9. The van der Waals surface area contributed by atoms with Gasteiger partial charge < -0.3 is 9.94 Å². The molecule has 0 aliphatic carbocycles. The molecule has 0 atom stereocenters. The predicted octanol–water partition coefficient (Wildman–Crippen LogP) is -0.693. The summed E-state index contributed by atoms with van der Waals surface area (Å²) in [5.41, 5.74) is -1.21. The van der Waals surface area contributed by atoms with E-state index in [9.17, 15) is 14.8 Å². The Morgan fingerprint density at radius 2 is 1.75 bits per heavy atom. The van der Waals surface area contributed by atoms with Crippen molar-refractivity contribution in [1.29, 1.82) is 0 Å². The average Bonchev–Trinajstić information content (AvgIpc) is 2.60. The lowest BCUT2D eigenvalue weighted by Crippen LogP contribution is -2.41. The van der Waals surface area contributed by atoms with Crippen molar-refractivity contribution in [1.82, 2.24) is 24.1 Å². The first-order valence-corrected chi connectivity index (χ1v) is 6.87. The van der Waals surface area contributed by atoms with Crippen molar-refractivity contribution in [3.63, 3.8) is 0 Å². The van der Waals surface area contributed by atoms with Gasteiger partial charge in [0.05, 0.1) is 12.8 Å². The minimum atomic E-state index is -0.698. The van der Waals surface area contributed by atoms with Gasteiger partial charge in [0, 0.05) is 14.1 Å². The van der Waals surface area contributed by atoms with Crippen LogP contribution in [0.25, 0.3) is 11.2 Å². The normalized spacial score (nSPS) is 11.9. The molecule has 10 nitrogen and oxygen atoms in total. The quantitative estimate of drug-likeness (QED) is 0.622. The Morgan fingerprint density at radius 1 is 1.08 bits per heavy atom. The maximum atomic E-state index is 12.3. The third-order valence-corrected chi connectivity index (χ3v) is 3.55. The molecule has 24 heavy (non-hydrogen) atoms. The molecule has 124 valence electrons. The van der Waals surface area contributed by atoms with Crippen LogP contribution >= 0.6 is 0 Å². The van der Waals surface area contributed by atoms with E-state index >= 15 is 0 Å². The Bertz CT molecular complexity index is 1110. The molecular weight excluding hydrogens is 316 g/mol. The van der Waals surface area contributed by atoms with E-state index in [0.717, 1.165) is 9.13 Å². The number of hydrogen-bond donors (Lipinski definition) is 1. The minimum Gasteiger partial charge on any atom is -0.497 e. The van der Waals surface area contributed by atoms with Crippen LogP contribution in [0.15, 0.2) is 38.8 Å². The molecule has 0 bridgehead atoms. The smallest absolute Gasteiger partial charge is 0.332 e. The fourth-order valence-corrected chi connectivity index (χ4v) is 2.19. The van der Waals surface area contributed by atoms with Crippen LogP contribution in [0, 0.1) is 0 Å². The second-order valence-corrected chi connectivity index (χ2v) is 5.00. The Balaban J connectivity index is 2.31. The van der Waals surface area contributed by atoms with Gasteiger partial charge in [-0.25, -0.2) is 9.79 Å². The van der Waals surface area contributed by atoms with Crippen LogP contribution in [-0.4, -0.2) is 36.4 Å². The lowest BCUT2D eigenvalue weighted by molar-refractivity contribution is 0.178. The zero-order valence-electron chi connectivity index (χ0n) is 13.2. The molecule has 0 amide bonds. The second kappa shape index (κ2) is 5.65. The van der Waals surface area contributed by atoms with Crippen molar-refractivity contribution in [3.05, 3.63) is 50.7 Å². The van der Waals surface area contributed by atoms with Crippen LogP contribution in [0.1, 0.15) is 0 Å². The summed E-state index contributed by atoms with van der Waals surface area (Å²) < 4.78 is 7.56. The van der Waals surface area contributed by atoms with Crippen molar-refractivity contribution >= 4 is 16.9 Å². The van der Waals surface area contributed by atoms with Crippen LogP contribution in [0.4, 0.5) is 5.69 Å². The van der Waals surface area contributed by atoms with Crippen molar-refractivity contribution in [2.75, 3.05) is 7.11 Å². The van der Waals surface area contributed by atoms with E-state index in [-0.39, 0.29) is 16.8 Å². The van der Waals surface area contributed by atoms with Gasteiger partial charge in [-0.15, -0.1) is 14.9 Å². The van der Waals surface area contributed by atoms with Gasteiger partial charge in [0.1, 0.15) is 5.75 Å². The molecule has 2 heterocycles. The van der Waals surface area contributed by atoms with Gasteiger partial charge in [-0.05, 0) is 24.3 Å². The first-order chi connectivity index (χ1) is 11.4. The molecule has 0 radical (unpaired) electrons. The lowest BCUT2D eigenvalue weighted by atomic mass is 10.3. The minimum absolute atomic E-state index is 0.0423. The summed E-state index contributed by atoms with van der Waals surface area (Å²) in [6.45, 7) is 0. The highest BCUT2D eigenvalue weighted by atomic mass is 16.5. The Hall–Kier alpha value is -3.43. The number of aryl methyl sites for hydroxylation is 1. The van der Waals surface area contributed by atoms with Gasteiger partial charge in [-0.3, -0.25) is 13.9 Å². The van der Waals surface area contributed by atoms with Crippen LogP contribution in [-0.2, 0) is 14.1 Å². The molecule has 3 aromatic rings. The third kappa shape index (κ3) is 2.33. The molecule has 0 saturated carbocycles. The molecular formula is C14H14N6O4. The van der Waals surface area contributed by atoms with Crippen molar-refractivity contribution in [2.45, 2.75) is 0 Å². The Kier molecular flexibility index (Phi) is 3.64. The fraction of sp³-hybridized carbons (Fsp3) is 0.214. The largest absolute Gasteiger partial charge is 0.497 e. The zero-order valence-corrected chi connectivity index (χ0v) is 13.2. The van der Waals surface area contributed by atoms with Crippen LogP contribution in [0.3, 0.4) is 0 Å². The molecule has 0 spiro atoms. The highest BCUT2D eigenvalue weighted by Gasteiger charge is 2.14. The summed E-state index contributed by atoms with van der Waals surface area (Å²) in [7, 11) is 4.28. The first kappa shape index (κ1) is 15.5. The summed E-state index contributed by atoms with van der Waals surface area (Å²) >= 11 is 0. The maximum absolute atomic E-state index is 12.3. The number of rotatable bonds is 2. The number of aromatic nitrogens is 5. The first-order valence-electron chi connectivity index (χ1n) is 6.87. The van der Waals surface area contributed by atoms with E-state index in [0.29, 0.717) is 16.2 Å². The summed E-state index contributed by atoms with van der Waals surface area (Å²) in [6.07, 6.45) is 0. The third-order valence-electron chi connectivity index (χ3n) is 3.55. The number of benzene rings is 1. The topological polar surface area (TPSA) is 117 Å². The van der Waals surface area contributed by atoms with Gasteiger partial charge >= 0.3 is 5.69 Å².